The maximum absolute atomic E-state index is 12.3. The number of carbonyl (C=O) groups is 1. The summed E-state index contributed by atoms with van der Waals surface area (Å²) in [5, 5.41) is 3.08. The number of rotatable bonds is 15. The molecule has 0 aliphatic rings. The lowest BCUT2D eigenvalue weighted by Crippen LogP contribution is -2.29. The SMILES string of the molecule is CCCCCCCCOc1ccc(C(=O)NCC(CC)CCCC)cc1. The first-order valence-electron chi connectivity index (χ1n) is 10.7. The Morgan fingerprint density at radius 3 is 2.23 bits per heavy atom. The fourth-order valence-corrected chi connectivity index (χ4v) is 3.06. The fourth-order valence-electron chi connectivity index (χ4n) is 3.06. The van der Waals surface area contributed by atoms with Crippen molar-refractivity contribution in [1.29, 1.82) is 0 Å². The topological polar surface area (TPSA) is 38.3 Å². The summed E-state index contributed by atoms with van der Waals surface area (Å²) < 4.78 is 5.78. The number of unbranched alkanes of at least 4 members (excludes halogenated alkanes) is 6. The van der Waals surface area contributed by atoms with E-state index in [9.17, 15) is 4.79 Å². The summed E-state index contributed by atoms with van der Waals surface area (Å²) in [6.45, 7) is 8.17. The number of benzene rings is 1. The molecule has 1 amide bonds. The zero-order chi connectivity index (χ0) is 19.0. The van der Waals surface area contributed by atoms with Gasteiger partial charge in [-0.05, 0) is 43.0 Å². The maximum atomic E-state index is 12.3. The van der Waals surface area contributed by atoms with Crippen LogP contribution in [0.2, 0.25) is 0 Å². The molecule has 148 valence electrons. The van der Waals surface area contributed by atoms with Crippen LogP contribution in [0.3, 0.4) is 0 Å². The van der Waals surface area contributed by atoms with E-state index in [1.54, 1.807) is 0 Å². The summed E-state index contributed by atoms with van der Waals surface area (Å²) in [5.74, 6) is 1.45. The number of ether oxygens (including phenoxy) is 1. The minimum atomic E-state index is 0.0161. The Morgan fingerprint density at radius 1 is 0.923 bits per heavy atom. The molecular weight excluding hydrogens is 322 g/mol. The fraction of sp³-hybridized carbons (Fsp3) is 0.696. The molecule has 1 rings (SSSR count). The van der Waals surface area contributed by atoms with E-state index in [4.69, 9.17) is 4.74 Å². The second kappa shape index (κ2) is 14.6. The summed E-state index contributed by atoms with van der Waals surface area (Å²) >= 11 is 0. The van der Waals surface area contributed by atoms with Gasteiger partial charge in [0.1, 0.15) is 5.75 Å². The molecule has 1 N–H and O–H groups in total. The highest BCUT2D eigenvalue weighted by Crippen LogP contribution is 2.15. The van der Waals surface area contributed by atoms with Crippen LogP contribution in [-0.4, -0.2) is 19.1 Å². The van der Waals surface area contributed by atoms with E-state index < -0.39 is 0 Å². The third-order valence-electron chi connectivity index (χ3n) is 4.98. The summed E-state index contributed by atoms with van der Waals surface area (Å²) in [6.07, 6.45) is 12.3. The lowest BCUT2D eigenvalue weighted by atomic mass is 9.99. The van der Waals surface area contributed by atoms with Crippen molar-refractivity contribution < 1.29 is 9.53 Å². The predicted molar refractivity (Wildman–Crippen MR) is 111 cm³/mol. The minimum absolute atomic E-state index is 0.0161. The van der Waals surface area contributed by atoms with Crippen molar-refractivity contribution in [2.45, 2.75) is 85.0 Å². The second-order valence-corrected chi connectivity index (χ2v) is 7.27. The van der Waals surface area contributed by atoms with Gasteiger partial charge in [0.2, 0.25) is 0 Å². The van der Waals surface area contributed by atoms with Crippen molar-refractivity contribution in [3.8, 4) is 5.75 Å². The predicted octanol–water partition coefficient (Wildman–Crippen LogP) is 6.37. The van der Waals surface area contributed by atoms with Gasteiger partial charge in [0, 0.05) is 12.1 Å². The highest BCUT2D eigenvalue weighted by molar-refractivity contribution is 5.94. The third kappa shape index (κ3) is 9.84. The maximum Gasteiger partial charge on any atom is 0.251 e. The van der Waals surface area contributed by atoms with Crippen molar-refractivity contribution >= 4 is 5.91 Å². The molecular formula is C23H39NO2. The van der Waals surface area contributed by atoms with Crippen molar-refractivity contribution in [2.24, 2.45) is 5.92 Å². The largest absolute Gasteiger partial charge is 0.494 e. The van der Waals surface area contributed by atoms with Crippen LogP contribution in [-0.2, 0) is 0 Å². The van der Waals surface area contributed by atoms with E-state index in [2.05, 4.69) is 26.1 Å². The van der Waals surface area contributed by atoms with Gasteiger partial charge in [-0.1, -0.05) is 72.1 Å². The molecule has 0 saturated carbocycles. The first-order valence-corrected chi connectivity index (χ1v) is 10.7. The van der Waals surface area contributed by atoms with Crippen molar-refractivity contribution in [1.82, 2.24) is 5.32 Å². The molecule has 0 aliphatic heterocycles. The average Bonchev–Trinajstić information content (AvgIpc) is 2.67. The van der Waals surface area contributed by atoms with Gasteiger partial charge in [0.15, 0.2) is 0 Å². The second-order valence-electron chi connectivity index (χ2n) is 7.27. The molecule has 0 radical (unpaired) electrons. The van der Waals surface area contributed by atoms with Crippen LogP contribution < -0.4 is 10.1 Å². The molecule has 0 heterocycles. The van der Waals surface area contributed by atoms with Crippen molar-refractivity contribution in [3.05, 3.63) is 29.8 Å². The van der Waals surface area contributed by atoms with Gasteiger partial charge in [-0.25, -0.2) is 0 Å². The smallest absolute Gasteiger partial charge is 0.251 e. The van der Waals surface area contributed by atoms with Crippen LogP contribution in [0.25, 0.3) is 0 Å². The Morgan fingerprint density at radius 2 is 1.58 bits per heavy atom. The van der Waals surface area contributed by atoms with E-state index >= 15 is 0 Å². The molecule has 0 saturated heterocycles. The van der Waals surface area contributed by atoms with Gasteiger partial charge in [-0.15, -0.1) is 0 Å². The highest BCUT2D eigenvalue weighted by atomic mass is 16.5. The summed E-state index contributed by atoms with van der Waals surface area (Å²) in [5.41, 5.74) is 0.710. The molecule has 1 aromatic carbocycles. The molecule has 1 unspecified atom stereocenters. The molecule has 3 heteroatoms. The van der Waals surface area contributed by atoms with Gasteiger partial charge in [-0.2, -0.15) is 0 Å². The standard InChI is InChI=1S/C23H39NO2/c1-4-7-9-10-11-12-18-26-22-16-14-21(15-17-22)23(25)24-19-20(6-3)13-8-5-2/h14-17,20H,4-13,18-19H2,1-3H3,(H,24,25). The van der Waals surface area contributed by atoms with Crippen LogP contribution in [0.1, 0.15) is 95.3 Å². The summed E-state index contributed by atoms with van der Waals surface area (Å²) in [7, 11) is 0. The molecule has 1 atom stereocenters. The Kier molecular flexibility index (Phi) is 12.7. The van der Waals surface area contributed by atoms with Crippen LogP contribution in [0.15, 0.2) is 24.3 Å². The average molecular weight is 362 g/mol. The van der Waals surface area contributed by atoms with Gasteiger partial charge >= 0.3 is 0 Å². The zero-order valence-corrected chi connectivity index (χ0v) is 17.2. The highest BCUT2D eigenvalue weighted by Gasteiger charge is 2.10. The number of hydrogen-bond acceptors (Lipinski definition) is 2. The molecule has 0 spiro atoms. The van der Waals surface area contributed by atoms with Crippen LogP contribution in [0.5, 0.6) is 5.75 Å². The Balaban J connectivity index is 2.27. The van der Waals surface area contributed by atoms with Crippen molar-refractivity contribution in [3.63, 3.8) is 0 Å². The lowest BCUT2D eigenvalue weighted by Gasteiger charge is -2.15. The van der Waals surface area contributed by atoms with Gasteiger partial charge in [0.25, 0.3) is 5.91 Å². The number of hydrogen-bond donors (Lipinski definition) is 1. The Bertz CT molecular complexity index is 470. The number of amides is 1. The minimum Gasteiger partial charge on any atom is -0.494 e. The third-order valence-corrected chi connectivity index (χ3v) is 4.98. The van der Waals surface area contributed by atoms with E-state index in [1.165, 1.54) is 51.4 Å². The van der Waals surface area contributed by atoms with Crippen LogP contribution in [0.4, 0.5) is 0 Å². The molecule has 1 aromatic rings. The van der Waals surface area contributed by atoms with Gasteiger partial charge in [0.05, 0.1) is 6.61 Å². The van der Waals surface area contributed by atoms with Crippen molar-refractivity contribution in [2.75, 3.05) is 13.2 Å². The molecule has 3 nitrogen and oxygen atoms in total. The van der Waals surface area contributed by atoms with Gasteiger partial charge in [-0.3, -0.25) is 4.79 Å². The molecule has 0 bridgehead atoms. The van der Waals surface area contributed by atoms with E-state index in [1.807, 2.05) is 24.3 Å². The quantitative estimate of drug-likeness (QED) is 0.368. The Labute approximate surface area is 160 Å². The Hall–Kier alpha value is -1.51. The lowest BCUT2D eigenvalue weighted by molar-refractivity contribution is 0.0946. The number of nitrogens with one attached hydrogen (secondary N) is 1. The van der Waals surface area contributed by atoms with E-state index in [-0.39, 0.29) is 5.91 Å². The van der Waals surface area contributed by atoms with Crippen LogP contribution in [0, 0.1) is 5.92 Å². The zero-order valence-electron chi connectivity index (χ0n) is 17.2. The number of carbonyl (C=O) groups excluding carboxylic acids is 1. The molecule has 26 heavy (non-hydrogen) atoms. The summed E-state index contributed by atoms with van der Waals surface area (Å²) in [4.78, 5) is 12.3. The first-order chi connectivity index (χ1) is 12.7. The molecule has 0 aromatic heterocycles. The first kappa shape index (κ1) is 22.5. The monoisotopic (exact) mass is 361 g/mol. The summed E-state index contributed by atoms with van der Waals surface area (Å²) in [6, 6.07) is 7.53. The van der Waals surface area contributed by atoms with Gasteiger partial charge < -0.3 is 10.1 Å². The van der Waals surface area contributed by atoms with Crippen LogP contribution >= 0.6 is 0 Å². The normalized spacial score (nSPS) is 12.0. The molecule has 0 aliphatic carbocycles. The van der Waals surface area contributed by atoms with E-state index in [0.717, 1.165) is 31.7 Å². The van der Waals surface area contributed by atoms with E-state index in [0.29, 0.717) is 11.5 Å². The molecule has 0 fully saturated rings.